The van der Waals surface area contributed by atoms with Gasteiger partial charge < -0.3 is 5.32 Å². The van der Waals surface area contributed by atoms with Crippen LogP contribution in [0, 0.1) is 5.82 Å². The Morgan fingerprint density at radius 3 is 2.71 bits per heavy atom. The van der Waals surface area contributed by atoms with Gasteiger partial charge in [-0.15, -0.1) is 0 Å². The molecule has 3 rings (SSSR count). The number of anilines is 1. The van der Waals surface area contributed by atoms with Crippen molar-refractivity contribution in [2.75, 3.05) is 11.9 Å². The Bertz CT molecular complexity index is 1080. The summed E-state index contributed by atoms with van der Waals surface area (Å²) in [4.78, 5) is 12.3. The van der Waals surface area contributed by atoms with Crippen LogP contribution in [-0.2, 0) is 16.6 Å². The van der Waals surface area contributed by atoms with E-state index in [0.29, 0.717) is 12.2 Å². The molecule has 0 saturated heterocycles. The number of halogens is 1. The van der Waals surface area contributed by atoms with Crippen LogP contribution in [0.1, 0.15) is 22.8 Å². The Balaban J connectivity index is 1.81. The topological polar surface area (TPSA) is 93.1 Å². The van der Waals surface area contributed by atoms with Gasteiger partial charge in [0.25, 0.3) is 5.91 Å². The van der Waals surface area contributed by atoms with Crippen LogP contribution in [0.25, 0.3) is 0 Å². The number of sulfonamides is 1. The van der Waals surface area contributed by atoms with E-state index in [0.717, 1.165) is 23.8 Å². The van der Waals surface area contributed by atoms with Gasteiger partial charge in [-0.2, -0.15) is 5.10 Å². The maximum atomic E-state index is 14.1. The van der Waals surface area contributed by atoms with Crippen molar-refractivity contribution < 1.29 is 17.6 Å². The van der Waals surface area contributed by atoms with Gasteiger partial charge in [0.05, 0.1) is 17.0 Å². The van der Waals surface area contributed by atoms with E-state index in [2.05, 4.69) is 15.1 Å². The van der Waals surface area contributed by atoms with E-state index in [-0.39, 0.29) is 17.0 Å². The lowest BCUT2D eigenvalue weighted by molar-refractivity contribution is 0.102. The summed E-state index contributed by atoms with van der Waals surface area (Å²) in [7, 11) is -3.80. The Labute approximate surface area is 162 Å². The minimum atomic E-state index is -3.80. The molecule has 0 saturated carbocycles. The van der Waals surface area contributed by atoms with Crippen LogP contribution in [0.15, 0.2) is 65.8 Å². The maximum Gasteiger partial charge on any atom is 0.258 e. The van der Waals surface area contributed by atoms with E-state index in [1.807, 2.05) is 18.3 Å². The second-order valence-corrected chi connectivity index (χ2v) is 7.77. The Morgan fingerprint density at radius 1 is 1.18 bits per heavy atom. The van der Waals surface area contributed by atoms with Gasteiger partial charge in [0.15, 0.2) is 0 Å². The fourth-order valence-corrected chi connectivity index (χ4v) is 3.71. The molecule has 2 aromatic carbocycles. The molecule has 28 heavy (non-hydrogen) atoms. The third-order valence-electron chi connectivity index (χ3n) is 3.92. The number of hydrogen-bond donors (Lipinski definition) is 2. The first-order valence-electron chi connectivity index (χ1n) is 8.56. The first-order chi connectivity index (χ1) is 13.4. The zero-order valence-corrected chi connectivity index (χ0v) is 15.9. The number of benzene rings is 2. The number of nitrogens with one attached hydrogen (secondary N) is 2. The fourth-order valence-electron chi connectivity index (χ4n) is 2.65. The van der Waals surface area contributed by atoms with E-state index in [1.165, 1.54) is 0 Å². The van der Waals surface area contributed by atoms with Crippen LogP contribution in [-0.4, -0.2) is 30.7 Å². The monoisotopic (exact) mass is 402 g/mol. The Hall–Kier alpha value is -3.04. The van der Waals surface area contributed by atoms with Gasteiger partial charge in [-0.3, -0.25) is 9.48 Å². The lowest BCUT2D eigenvalue weighted by Crippen LogP contribution is -2.24. The number of hydrogen-bond acceptors (Lipinski definition) is 4. The lowest BCUT2D eigenvalue weighted by Gasteiger charge is -2.10. The molecule has 0 aliphatic carbocycles. The molecule has 1 aromatic heterocycles. The molecule has 7 nitrogen and oxygen atoms in total. The van der Waals surface area contributed by atoms with Gasteiger partial charge in [0.2, 0.25) is 10.0 Å². The average molecular weight is 402 g/mol. The van der Waals surface area contributed by atoms with Crippen molar-refractivity contribution in [3.05, 3.63) is 77.9 Å². The molecule has 0 spiro atoms. The number of nitrogens with zero attached hydrogens (tertiary/aromatic N) is 2. The summed E-state index contributed by atoms with van der Waals surface area (Å²) in [6.45, 7) is 2.33. The molecule has 0 radical (unpaired) electrons. The largest absolute Gasteiger partial charge is 0.322 e. The van der Waals surface area contributed by atoms with Gasteiger partial charge >= 0.3 is 0 Å². The standard InChI is InChI=1S/C19H19FN4O3S/c1-2-22-28(26,27)16-7-8-18(20)17(12-16)19(25)23-15-6-3-5-14(11-15)13-24-10-4-9-21-24/h3-12,22H,2,13H2,1H3,(H,23,25). The summed E-state index contributed by atoms with van der Waals surface area (Å²) >= 11 is 0. The van der Waals surface area contributed by atoms with Crippen LogP contribution in [0.3, 0.4) is 0 Å². The number of aromatic nitrogens is 2. The summed E-state index contributed by atoms with van der Waals surface area (Å²) in [6, 6.07) is 12.0. The average Bonchev–Trinajstić information content (AvgIpc) is 3.15. The fraction of sp³-hybridized carbons (Fsp3) is 0.158. The second kappa shape index (κ2) is 8.32. The van der Waals surface area contributed by atoms with Gasteiger partial charge in [0, 0.05) is 24.6 Å². The third kappa shape index (κ3) is 4.62. The SMILES string of the molecule is CCNS(=O)(=O)c1ccc(F)c(C(=O)Nc2cccc(Cn3cccn3)c2)c1. The van der Waals surface area contributed by atoms with Crippen LogP contribution >= 0.6 is 0 Å². The zero-order chi connectivity index (χ0) is 20.1. The second-order valence-electron chi connectivity index (χ2n) is 6.00. The molecule has 0 unspecified atom stereocenters. The number of amides is 1. The number of rotatable bonds is 7. The van der Waals surface area contributed by atoms with E-state index >= 15 is 0 Å². The van der Waals surface area contributed by atoms with E-state index in [1.54, 1.807) is 36.0 Å². The highest BCUT2D eigenvalue weighted by atomic mass is 32.2. The number of carbonyl (C=O) groups excluding carboxylic acids is 1. The predicted molar refractivity (Wildman–Crippen MR) is 103 cm³/mol. The molecule has 0 aliphatic heterocycles. The molecule has 2 N–H and O–H groups in total. The molecule has 0 atom stereocenters. The quantitative estimate of drug-likeness (QED) is 0.635. The normalized spacial score (nSPS) is 11.4. The first kappa shape index (κ1) is 19.7. The molecule has 0 aliphatic rings. The Morgan fingerprint density at radius 2 is 2.00 bits per heavy atom. The highest BCUT2D eigenvalue weighted by Crippen LogP contribution is 2.18. The summed E-state index contributed by atoms with van der Waals surface area (Å²) in [5.74, 6) is -1.54. The predicted octanol–water partition coefficient (Wildman–Crippen LogP) is 2.62. The minimum Gasteiger partial charge on any atom is -0.322 e. The minimum absolute atomic E-state index is 0.173. The molecule has 146 valence electrons. The van der Waals surface area contributed by atoms with Crippen molar-refractivity contribution in [2.45, 2.75) is 18.4 Å². The first-order valence-corrected chi connectivity index (χ1v) is 10.0. The molecule has 9 heteroatoms. The maximum absolute atomic E-state index is 14.1. The van der Waals surface area contributed by atoms with Crippen molar-refractivity contribution in [2.24, 2.45) is 0 Å². The van der Waals surface area contributed by atoms with Crippen molar-refractivity contribution >= 4 is 21.6 Å². The van der Waals surface area contributed by atoms with Crippen LogP contribution in [0.5, 0.6) is 0 Å². The highest BCUT2D eigenvalue weighted by molar-refractivity contribution is 7.89. The van der Waals surface area contributed by atoms with Crippen molar-refractivity contribution in [3.8, 4) is 0 Å². The van der Waals surface area contributed by atoms with Crippen molar-refractivity contribution in [1.82, 2.24) is 14.5 Å². The summed E-state index contributed by atoms with van der Waals surface area (Å²) in [5.41, 5.74) is 1.01. The van der Waals surface area contributed by atoms with Crippen LogP contribution in [0.2, 0.25) is 0 Å². The van der Waals surface area contributed by atoms with Gasteiger partial charge in [-0.25, -0.2) is 17.5 Å². The lowest BCUT2D eigenvalue weighted by atomic mass is 10.1. The number of carbonyl (C=O) groups is 1. The molecule has 1 amide bonds. The molecule has 1 heterocycles. The van der Waals surface area contributed by atoms with Gasteiger partial charge in [0.1, 0.15) is 5.82 Å². The van der Waals surface area contributed by atoms with E-state index < -0.39 is 21.7 Å². The van der Waals surface area contributed by atoms with Crippen molar-refractivity contribution in [3.63, 3.8) is 0 Å². The van der Waals surface area contributed by atoms with E-state index in [4.69, 9.17) is 0 Å². The molecule has 3 aromatic rings. The van der Waals surface area contributed by atoms with Gasteiger partial charge in [-0.1, -0.05) is 19.1 Å². The van der Waals surface area contributed by atoms with E-state index in [9.17, 15) is 17.6 Å². The van der Waals surface area contributed by atoms with Crippen LogP contribution < -0.4 is 10.0 Å². The molecule has 0 bridgehead atoms. The third-order valence-corrected chi connectivity index (χ3v) is 5.46. The highest BCUT2D eigenvalue weighted by Gasteiger charge is 2.19. The molecular formula is C19H19FN4O3S. The summed E-state index contributed by atoms with van der Waals surface area (Å²) < 4.78 is 42.4. The smallest absolute Gasteiger partial charge is 0.258 e. The summed E-state index contributed by atoms with van der Waals surface area (Å²) in [5, 5.41) is 6.73. The molecular weight excluding hydrogens is 383 g/mol. The molecule has 0 fully saturated rings. The van der Waals surface area contributed by atoms with Crippen LogP contribution in [0.4, 0.5) is 10.1 Å². The van der Waals surface area contributed by atoms with Gasteiger partial charge in [-0.05, 0) is 42.0 Å². The Kier molecular flexibility index (Phi) is 5.86. The summed E-state index contributed by atoms with van der Waals surface area (Å²) in [6.07, 6.45) is 3.49. The zero-order valence-electron chi connectivity index (χ0n) is 15.1. The van der Waals surface area contributed by atoms with Crippen molar-refractivity contribution in [1.29, 1.82) is 0 Å².